The van der Waals surface area contributed by atoms with Gasteiger partial charge in [-0.25, -0.2) is 13.1 Å². The molecule has 0 bridgehead atoms. The van der Waals surface area contributed by atoms with Crippen molar-refractivity contribution in [2.24, 2.45) is 0 Å². The van der Waals surface area contributed by atoms with E-state index < -0.39 is 10.0 Å². The fraction of sp³-hybridized carbons (Fsp3) is 0.350. The first kappa shape index (κ1) is 19.4. The van der Waals surface area contributed by atoms with E-state index in [2.05, 4.69) is 4.72 Å². The number of benzene rings is 2. The van der Waals surface area contributed by atoms with Crippen LogP contribution in [0.15, 0.2) is 47.4 Å². The summed E-state index contributed by atoms with van der Waals surface area (Å²) >= 11 is 6.15. The van der Waals surface area contributed by atoms with Gasteiger partial charge in [-0.1, -0.05) is 29.8 Å². The standard InChI is InChI=1S/C20H21ClN2O4S/c21-17-8-7-15(20(24)23-10-9-14-4-1-2-6-18(14)23)12-19(17)28(25,26)22-13-16-5-3-11-27-16/h1-2,4,6-8,12,16,22H,3,5,9-11,13H2/t16-/m0/s1. The topological polar surface area (TPSA) is 75.7 Å². The van der Waals surface area contributed by atoms with Crippen LogP contribution < -0.4 is 9.62 Å². The fourth-order valence-corrected chi connectivity index (χ4v) is 5.22. The number of hydrogen-bond donors (Lipinski definition) is 1. The summed E-state index contributed by atoms with van der Waals surface area (Å²) in [5.41, 5.74) is 2.26. The van der Waals surface area contributed by atoms with Gasteiger partial charge in [0.05, 0.1) is 11.1 Å². The lowest BCUT2D eigenvalue weighted by Gasteiger charge is -2.18. The number of nitrogens with one attached hydrogen (secondary N) is 1. The second-order valence-corrected chi connectivity index (χ2v) is 9.11. The molecular weight excluding hydrogens is 400 g/mol. The van der Waals surface area contributed by atoms with Crippen LogP contribution in [0.25, 0.3) is 0 Å². The number of anilines is 1. The molecular formula is C20H21ClN2O4S. The average molecular weight is 421 g/mol. The third-order valence-corrected chi connectivity index (χ3v) is 7.03. The fourth-order valence-electron chi connectivity index (χ4n) is 3.63. The van der Waals surface area contributed by atoms with Crippen molar-refractivity contribution >= 4 is 33.2 Å². The number of halogens is 1. The Morgan fingerprint density at radius 2 is 2.07 bits per heavy atom. The molecule has 0 aliphatic carbocycles. The lowest BCUT2D eigenvalue weighted by molar-refractivity contribution is 0.0989. The number of nitrogens with zero attached hydrogens (tertiary/aromatic N) is 1. The monoisotopic (exact) mass is 420 g/mol. The van der Waals surface area contributed by atoms with Gasteiger partial charge in [0.15, 0.2) is 0 Å². The molecule has 0 aromatic heterocycles. The maximum Gasteiger partial charge on any atom is 0.258 e. The van der Waals surface area contributed by atoms with Crippen LogP contribution in [0.2, 0.25) is 5.02 Å². The molecule has 1 fully saturated rings. The summed E-state index contributed by atoms with van der Waals surface area (Å²) in [4.78, 5) is 14.6. The number of sulfonamides is 1. The molecule has 2 aliphatic rings. The summed E-state index contributed by atoms with van der Waals surface area (Å²) < 4.78 is 33.5. The molecule has 28 heavy (non-hydrogen) atoms. The van der Waals surface area contributed by atoms with Gasteiger partial charge < -0.3 is 9.64 Å². The summed E-state index contributed by atoms with van der Waals surface area (Å²) in [7, 11) is -3.85. The Bertz CT molecular complexity index is 1000. The molecule has 0 unspecified atom stereocenters. The number of carbonyl (C=O) groups excluding carboxylic acids is 1. The number of carbonyl (C=O) groups is 1. The number of amides is 1. The van der Waals surface area contributed by atoms with Crippen molar-refractivity contribution in [3.05, 3.63) is 58.6 Å². The minimum atomic E-state index is -3.85. The van der Waals surface area contributed by atoms with E-state index in [1.807, 2.05) is 24.3 Å². The minimum Gasteiger partial charge on any atom is -0.377 e. The summed E-state index contributed by atoms with van der Waals surface area (Å²) in [6.45, 7) is 1.41. The second kappa shape index (κ2) is 7.83. The van der Waals surface area contributed by atoms with Crippen molar-refractivity contribution in [1.82, 2.24) is 4.72 Å². The molecule has 8 heteroatoms. The van der Waals surface area contributed by atoms with E-state index >= 15 is 0 Å². The molecule has 4 rings (SSSR count). The zero-order valence-corrected chi connectivity index (χ0v) is 16.8. The van der Waals surface area contributed by atoms with Gasteiger partial charge in [-0.15, -0.1) is 0 Å². The Kier molecular flexibility index (Phi) is 5.42. The first-order valence-corrected chi connectivity index (χ1v) is 11.1. The van der Waals surface area contributed by atoms with Gasteiger partial charge in [0, 0.05) is 30.9 Å². The molecule has 0 radical (unpaired) electrons. The van der Waals surface area contributed by atoms with Crippen molar-refractivity contribution in [1.29, 1.82) is 0 Å². The van der Waals surface area contributed by atoms with Crippen molar-refractivity contribution in [2.45, 2.75) is 30.3 Å². The van der Waals surface area contributed by atoms with Crippen molar-refractivity contribution in [3.63, 3.8) is 0 Å². The van der Waals surface area contributed by atoms with Gasteiger partial charge in [-0.3, -0.25) is 4.79 Å². The van der Waals surface area contributed by atoms with E-state index in [1.54, 1.807) is 11.0 Å². The first-order valence-electron chi connectivity index (χ1n) is 9.26. The summed E-state index contributed by atoms with van der Waals surface area (Å²) in [6, 6.07) is 12.1. The molecule has 6 nitrogen and oxygen atoms in total. The first-order chi connectivity index (χ1) is 13.5. The summed E-state index contributed by atoms with van der Waals surface area (Å²) in [6.07, 6.45) is 2.40. The number of para-hydroxylation sites is 1. The SMILES string of the molecule is O=C(c1ccc(Cl)c(S(=O)(=O)NC[C@@H]2CCCO2)c1)N1CCc2ccccc21. The van der Waals surface area contributed by atoms with Crippen LogP contribution in [0.4, 0.5) is 5.69 Å². The normalized spacial score (nSPS) is 19.0. The molecule has 2 aromatic carbocycles. The summed E-state index contributed by atoms with van der Waals surface area (Å²) in [5.74, 6) is -0.239. The summed E-state index contributed by atoms with van der Waals surface area (Å²) in [5, 5.41) is 0.0817. The smallest absolute Gasteiger partial charge is 0.258 e. The quantitative estimate of drug-likeness (QED) is 0.806. The molecule has 1 N–H and O–H groups in total. The lowest BCUT2D eigenvalue weighted by Crippen LogP contribution is -2.32. The van der Waals surface area contributed by atoms with Crippen LogP contribution in [0.3, 0.4) is 0 Å². The van der Waals surface area contributed by atoms with Gasteiger partial charge in [0.25, 0.3) is 5.91 Å². The van der Waals surface area contributed by atoms with Crippen LogP contribution in [0.5, 0.6) is 0 Å². The minimum absolute atomic E-state index is 0.0817. The van der Waals surface area contributed by atoms with Crippen LogP contribution in [-0.4, -0.2) is 40.1 Å². The van der Waals surface area contributed by atoms with Crippen LogP contribution in [0.1, 0.15) is 28.8 Å². The van der Waals surface area contributed by atoms with E-state index in [0.29, 0.717) is 18.7 Å². The maximum atomic E-state index is 13.0. The van der Waals surface area contributed by atoms with E-state index in [0.717, 1.165) is 30.5 Å². The Morgan fingerprint density at radius 1 is 1.25 bits per heavy atom. The number of hydrogen-bond acceptors (Lipinski definition) is 4. The number of ether oxygens (including phenoxy) is 1. The van der Waals surface area contributed by atoms with Gasteiger partial charge in [-0.05, 0) is 49.1 Å². The maximum absolute atomic E-state index is 13.0. The van der Waals surface area contributed by atoms with E-state index in [-0.39, 0.29) is 28.5 Å². The van der Waals surface area contributed by atoms with Crippen LogP contribution in [-0.2, 0) is 21.2 Å². The van der Waals surface area contributed by atoms with Gasteiger partial charge in [-0.2, -0.15) is 0 Å². The highest BCUT2D eigenvalue weighted by Gasteiger charge is 2.28. The zero-order valence-electron chi connectivity index (χ0n) is 15.2. The van der Waals surface area contributed by atoms with Crippen LogP contribution in [0, 0.1) is 0 Å². The molecule has 2 aromatic rings. The van der Waals surface area contributed by atoms with Crippen molar-refractivity contribution in [3.8, 4) is 0 Å². The lowest BCUT2D eigenvalue weighted by atomic mass is 10.1. The van der Waals surface area contributed by atoms with E-state index in [4.69, 9.17) is 16.3 Å². The van der Waals surface area contributed by atoms with Crippen molar-refractivity contribution in [2.75, 3.05) is 24.6 Å². The van der Waals surface area contributed by atoms with E-state index in [9.17, 15) is 13.2 Å². The molecule has 2 aliphatic heterocycles. The van der Waals surface area contributed by atoms with E-state index in [1.165, 1.54) is 12.1 Å². The van der Waals surface area contributed by atoms with Crippen molar-refractivity contribution < 1.29 is 17.9 Å². The Balaban J connectivity index is 1.57. The number of rotatable bonds is 5. The molecule has 1 atom stereocenters. The third kappa shape index (κ3) is 3.80. The highest BCUT2D eigenvalue weighted by Crippen LogP contribution is 2.30. The predicted octanol–water partition coefficient (Wildman–Crippen LogP) is 3.00. The molecule has 1 amide bonds. The largest absolute Gasteiger partial charge is 0.377 e. The Hall–Kier alpha value is -1.93. The van der Waals surface area contributed by atoms with Crippen LogP contribution >= 0.6 is 11.6 Å². The Morgan fingerprint density at radius 3 is 2.86 bits per heavy atom. The molecule has 148 valence electrons. The molecule has 2 heterocycles. The van der Waals surface area contributed by atoms with Gasteiger partial charge in [0.2, 0.25) is 10.0 Å². The third-order valence-electron chi connectivity index (χ3n) is 5.12. The molecule has 0 saturated carbocycles. The Labute approximate surface area is 169 Å². The number of fused-ring (bicyclic) bond motifs is 1. The van der Waals surface area contributed by atoms with Gasteiger partial charge >= 0.3 is 0 Å². The predicted molar refractivity (Wildman–Crippen MR) is 107 cm³/mol. The molecule has 1 saturated heterocycles. The highest BCUT2D eigenvalue weighted by atomic mass is 35.5. The average Bonchev–Trinajstić information content (AvgIpc) is 3.36. The second-order valence-electron chi connectivity index (χ2n) is 6.97. The highest BCUT2D eigenvalue weighted by molar-refractivity contribution is 7.89. The van der Waals surface area contributed by atoms with Gasteiger partial charge in [0.1, 0.15) is 4.90 Å². The zero-order chi connectivity index (χ0) is 19.7. The molecule has 0 spiro atoms.